The molecule has 1 amide bonds. The summed E-state index contributed by atoms with van der Waals surface area (Å²) in [6, 6.07) is -0.668. The Labute approximate surface area is 122 Å². The number of nitrogens with one attached hydrogen (secondary N) is 1. The molecule has 0 bridgehead atoms. The van der Waals surface area contributed by atoms with Gasteiger partial charge in [0.15, 0.2) is 0 Å². The van der Waals surface area contributed by atoms with Gasteiger partial charge in [0.05, 0.1) is 13.2 Å². The highest BCUT2D eigenvalue weighted by atomic mass is 16.6. The second kappa shape index (κ2) is 12.8. The van der Waals surface area contributed by atoms with Gasteiger partial charge in [-0.05, 0) is 20.3 Å². The van der Waals surface area contributed by atoms with Crippen molar-refractivity contribution < 1.29 is 19.1 Å². The molecule has 118 valence electrons. The van der Waals surface area contributed by atoms with E-state index in [4.69, 9.17) is 9.47 Å². The highest BCUT2D eigenvalue weighted by molar-refractivity contribution is 5.80. The smallest absolute Gasteiger partial charge is 0.407 e. The Bertz CT molecular complexity index is 269. The molecule has 1 atom stereocenters. The summed E-state index contributed by atoms with van der Waals surface area (Å²) in [5.41, 5.74) is 0. The molecule has 0 aliphatic rings. The minimum atomic E-state index is -0.668. The number of unbranched alkanes of at least 4 members (excludes halogenated alkanes) is 6. The minimum absolute atomic E-state index is 0.283. The molecule has 0 aliphatic heterocycles. The molecule has 1 unspecified atom stereocenters. The lowest BCUT2D eigenvalue weighted by Crippen LogP contribution is -2.39. The van der Waals surface area contributed by atoms with E-state index in [1.807, 2.05) is 0 Å². The topological polar surface area (TPSA) is 64.6 Å². The largest absolute Gasteiger partial charge is 0.464 e. The molecule has 0 aromatic rings. The van der Waals surface area contributed by atoms with Gasteiger partial charge in [0.2, 0.25) is 0 Å². The fourth-order valence-corrected chi connectivity index (χ4v) is 1.77. The minimum Gasteiger partial charge on any atom is -0.464 e. The maximum absolute atomic E-state index is 11.6. The number of amides is 1. The molecule has 0 saturated carbocycles. The zero-order chi connectivity index (χ0) is 15.2. The third-order valence-corrected chi connectivity index (χ3v) is 2.96. The van der Waals surface area contributed by atoms with E-state index in [0.717, 1.165) is 12.8 Å². The quantitative estimate of drug-likeness (QED) is 0.467. The number of carbonyl (C=O) groups excluding carboxylic acids is 2. The van der Waals surface area contributed by atoms with Crippen molar-refractivity contribution in [2.75, 3.05) is 13.2 Å². The molecule has 1 N–H and O–H groups in total. The molecule has 0 aromatic heterocycles. The van der Waals surface area contributed by atoms with Crippen LogP contribution in [-0.2, 0) is 14.3 Å². The van der Waals surface area contributed by atoms with Crippen LogP contribution in [-0.4, -0.2) is 31.3 Å². The number of esters is 1. The lowest BCUT2D eigenvalue weighted by atomic mass is 10.1. The predicted molar refractivity (Wildman–Crippen MR) is 78.6 cm³/mol. The maximum atomic E-state index is 11.6. The standard InChI is InChI=1S/C15H29NO4/c1-4-6-7-8-9-10-11-12-20-14(17)13(3)16-15(18)19-5-2/h13H,4-12H2,1-3H3,(H,16,18). The first-order valence-corrected chi connectivity index (χ1v) is 7.71. The Balaban J connectivity index is 3.50. The van der Waals surface area contributed by atoms with Crippen LogP contribution >= 0.6 is 0 Å². The van der Waals surface area contributed by atoms with Crippen molar-refractivity contribution in [1.29, 1.82) is 0 Å². The third kappa shape index (κ3) is 10.6. The van der Waals surface area contributed by atoms with E-state index < -0.39 is 18.1 Å². The van der Waals surface area contributed by atoms with Gasteiger partial charge >= 0.3 is 12.1 Å². The van der Waals surface area contributed by atoms with Gasteiger partial charge in [0.25, 0.3) is 0 Å². The van der Waals surface area contributed by atoms with Gasteiger partial charge < -0.3 is 14.8 Å². The van der Waals surface area contributed by atoms with E-state index in [9.17, 15) is 9.59 Å². The Morgan fingerprint density at radius 2 is 1.55 bits per heavy atom. The van der Waals surface area contributed by atoms with E-state index in [1.165, 1.54) is 32.1 Å². The van der Waals surface area contributed by atoms with Crippen LogP contribution in [0.5, 0.6) is 0 Å². The lowest BCUT2D eigenvalue weighted by molar-refractivity contribution is -0.145. The van der Waals surface area contributed by atoms with Crippen LogP contribution < -0.4 is 5.32 Å². The molecule has 0 fully saturated rings. The van der Waals surface area contributed by atoms with Crippen molar-refractivity contribution in [3.05, 3.63) is 0 Å². The van der Waals surface area contributed by atoms with Gasteiger partial charge in [-0.3, -0.25) is 0 Å². The maximum Gasteiger partial charge on any atom is 0.407 e. The summed E-state index contributed by atoms with van der Waals surface area (Å²) in [6.45, 7) is 6.20. The molecule has 0 heterocycles. The highest BCUT2D eigenvalue weighted by Crippen LogP contribution is 2.07. The van der Waals surface area contributed by atoms with E-state index >= 15 is 0 Å². The van der Waals surface area contributed by atoms with Crippen LogP contribution in [0.2, 0.25) is 0 Å². The van der Waals surface area contributed by atoms with Crippen LogP contribution in [0.15, 0.2) is 0 Å². The molecule has 0 rings (SSSR count). The molecule has 5 heteroatoms. The van der Waals surface area contributed by atoms with Crippen molar-refractivity contribution >= 4 is 12.1 Å². The number of alkyl carbamates (subject to hydrolysis) is 1. The van der Waals surface area contributed by atoms with E-state index in [2.05, 4.69) is 12.2 Å². The Morgan fingerprint density at radius 3 is 2.15 bits per heavy atom. The van der Waals surface area contributed by atoms with Crippen LogP contribution in [0.25, 0.3) is 0 Å². The fourth-order valence-electron chi connectivity index (χ4n) is 1.77. The number of ether oxygens (including phenoxy) is 2. The van der Waals surface area contributed by atoms with Crippen molar-refractivity contribution in [3.63, 3.8) is 0 Å². The van der Waals surface area contributed by atoms with E-state index in [0.29, 0.717) is 6.61 Å². The average Bonchev–Trinajstić information content (AvgIpc) is 2.41. The van der Waals surface area contributed by atoms with E-state index in [-0.39, 0.29) is 6.61 Å². The van der Waals surface area contributed by atoms with Gasteiger partial charge in [-0.15, -0.1) is 0 Å². The first kappa shape index (κ1) is 18.7. The van der Waals surface area contributed by atoms with Crippen molar-refractivity contribution in [1.82, 2.24) is 5.32 Å². The summed E-state index contributed by atoms with van der Waals surface area (Å²) in [7, 11) is 0. The number of rotatable bonds is 11. The second-order valence-corrected chi connectivity index (χ2v) is 4.88. The first-order valence-electron chi connectivity index (χ1n) is 7.71. The average molecular weight is 287 g/mol. The molecule has 5 nitrogen and oxygen atoms in total. The van der Waals surface area contributed by atoms with Crippen molar-refractivity contribution in [3.8, 4) is 0 Å². The zero-order valence-electron chi connectivity index (χ0n) is 13.1. The summed E-state index contributed by atoms with van der Waals surface area (Å²) in [4.78, 5) is 22.7. The molecular formula is C15H29NO4. The Morgan fingerprint density at radius 1 is 0.950 bits per heavy atom. The third-order valence-electron chi connectivity index (χ3n) is 2.96. The first-order chi connectivity index (χ1) is 9.61. The monoisotopic (exact) mass is 287 g/mol. The van der Waals surface area contributed by atoms with Gasteiger partial charge in [-0.2, -0.15) is 0 Å². The molecular weight excluding hydrogens is 258 g/mol. The normalized spacial score (nSPS) is 11.8. The zero-order valence-corrected chi connectivity index (χ0v) is 13.1. The summed E-state index contributed by atoms with van der Waals surface area (Å²) < 4.78 is 9.80. The SMILES string of the molecule is CCCCCCCCCOC(=O)C(C)NC(=O)OCC. The van der Waals surface area contributed by atoms with Crippen LogP contribution in [0.1, 0.15) is 65.7 Å². The molecule has 20 heavy (non-hydrogen) atoms. The summed E-state index contributed by atoms with van der Waals surface area (Å²) in [5, 5.41) is 2.42. The number of carbonyl (C=O) groups is 2. The van der Waals surface area contributed by atoms with E-state index in [1.54, 1.807) is 13.8 Å². The second-order valence-electron chi connectivity index (χ2n) is 4.88. The summed E-state index contributed by atoms with van der Waals surface area (Å²) in [6.07, 6.45) is 7.65. The predicted octanol–water partition coefficient (Wildman–Crippen LogP) is 3.41. The van der Waals surface area contributed by atoms with Crippen LogP contribution in [0.3, 0.4) is 0 Å². The summed E-state index contributed by atoms with van der Waals surface area (Å²) in [5.74, 6) is -0.413. The molecule has 0 saturated heterocycles. The van der Waals surface area contributed by atoms with Gasteiger partial charge in [-0.1, -0.05) is 45.4 Å². The molecule has 0 radical (unpaired) electrons. The van der Waals surface area contributed by atoms with Gasteiger partial charge in [0.1, 0.15) is 6.04 Å². The van der Waals surface area contributed by atoms with Crippen molar-refractivity contribution in [2.24, 2.45) is 0 Å². The van der Waals surface area contributed by atoms with Gasteiger partial charge in [-0.25, -0.2) is 9.59 Å². The fraction of sp³-hybridized carbons (Fsp3) is 0.867. The van der Waals surface area contributed by atoms with Gasteiger partial charge in [0, 0.05) is 0 Å². The Kier molecular flexibility index (Phi) is 12.0. The highest BCUT2D eigenvalue weighted by Gasteiger charge is 2.17. The molecule has 0 aromatic carbocycles. The van der Waals surface area contributed by atoms with Crippen LogP contribution in [0.4, 0.5) is 4.79 Å². The van der Waals surface area contributed by atoms with Crippen LogP contribution in [0, 0.1) is 0 Å². The molecule has 0 aliphatic carbocycles. The lowest BCUT2D eigenvalue weighted by Gasteiger charge is -2.12. The molecule has 0 spiro atoms. The number of hydrogen-bond acceptors (Lipinski definition) is 4. The van der Waals surface area contributed by atoms with Crippen molar-refractivity contribution in [2.45, 2.75) is 71.8 Å². The number of hydrogen-bond donors (Lipinski definition) is 1. The Hall–Kier alpha value is -1.26. The summed E-state index contributed by atoms with van der Waals surface area (Å²) >= 11 is 0.